The largest absolute Gasteiger partial charge is 0.364 e. The number of rotatable bonds is 5. The number of benzene rings is 1. The Bertz CT molecular complexity index is 632. The number of amides is 2. The lowest BCUT2D eigenvalue weighted by atomic mass is 10.2. The number of nitrogens with one attached hydrogen (secondary N) is 2. The van der Waals surface area contributed by atoms with Gasteiger partial charge < -0.3 is 19.9 Å². The minimum Gasteiger partial charge on any atom is -0.364 e. The summed E-state index contributed by atoms with van der Waals surface area (Å²) in [6.07, 6.45) is 0.268. The zero-order chi connectivity index (χ0) is 18.6. The average molecular weight is 389 g/mol. The maximum Gasteiger partial charge on any atom is 0.277 e. The topological polar surface area (TPSA) is 63.1 Å². The molecule has 6 nitrogen and oxygen atoms in total. The number of hydrogen-bond donors (Lipinski definition) is 2. The molecule has 0 spiro atoms. The lowest BCUT2D eigenvalue weighted by Gasteiger charge is -2.32. The number of carbonyl (C=O) groups is 2. The number of hydrogen-bond acceptors (Lipinski definition) is 3. The first kappa shape index (κ1) is 20.0. The summed E-state index contributed by atoms with van der Waals surface area (Å²) in [5, 5.41) is 3.50. The predicted molar refractivity (Wildman–Crippen MR) is 98.3 cm³/mol. The number of morpholine rings is 1. The summed E-state index contributed by atoms with van der Waals surface area (Å²) in [6.45, 7) is 5.93. The van der Waals surface area contributed by atoms with E-state index in [2.05, 4.69) is 5.32 Å². The van der Waals surface area contributed by atoms with E-state index in [1.54, 1.807) is 25.2 Å². The lowest BCUT2D eigenvalue weighted by molar-refractivity contribution is -0.907. The monoisotopic (exact) mass is 388 g/mol. The highest BCUT2D eigenvalue weighted by Gasteiger charge is 2.28. The van der Waals surface area contributed by atoms with Crippen molar-refractivity contribution >= 4 is 40.7 Å². The number of carbonyl (C=O) groups excluding carboxylic acids is 2. The van der Waals surface area contributed by atoms with Gasteiger partial charge in [0, 0.05) is 12.7 Å². The fourth-order valence-electron chi connectivity index (χ4n) is 2.96. The summed E-state index contributed by atoms with van der Waals surface area (Å²) in [7, 11) is 1.63. The van der Waals surface area contributed by atoms with Crippen molar-refractivity contribution in [1.82, 2.24) is 4.90 Å². The Balaban J connectivity index is 1.83. The van der Waals surface area contributed by atoms with Gasteiger partial charge in [-0.2, -0.15) is 0 Å². The Kier molecular flexibility index (Phi) is 7.07. The molecule has 0 aromatic heterocycles. The first-order valence-corrected chi connectivity index (χ1v) is 8.98. The van der Waals surface area contributed by atoms with Crippen LogP contribution in [0.1, 0.15) is 13.8 Å². The van der Waals surface area contributed by atoms with Crippen molar-refractivity contribution in [2.45, 2.75) is 26.1 Å². The van der Waals surface area contributed by atoms with Gasteiger partial charge in [0.15, 0.2) is 6.54 Å². The zero-order valence-corrected chi connectivity index (χ0v) is 16.2. The first-order chi connectivity index (χ1) is 11.7. The Morgan fingerprint density at radius 3 is 2.48 bits per heavy atom. The zero-order valence-electron chi connectivity index (χ0n) is 14.6. The number of nitrogens with zero attached hydrogens (tertiary/aromatic N) is 1. The molecule has 1 aliphatic heterocycles. The van der Waals surface area contributed by atoms with Crippen molar-refractivity contribution in [3.8, 4) is 0 Å². The van der Waals surface area contributed by atoms with Crippen LogP contribution in [-0.2, 0) is 14.3 Å². The van der Waals surface area contributed by atoms with Gasteiger partial charge in [0.1, 0.15) is 25.3 Å². The molecule has 1 aromatic rings. The van der Waals surface area contributed by atoms with Gasteiger partial charge in [-0.1, -0.05) is 23.2 Å². The molecule has 0 unspecified atom stereocenters. The first-order valence-electron chi connectivity index (χ1n) is 8.22. The molecule has 0 radical (unpaired) electrons. The van der Waals surface area contributed by atoms with Gasteiger partial charge in [-0.3, -0.25) is 9.59 Å². The van der Waals surface area contributed by atoms with E-state index in [1.165, 1.54) is 9.80 Å². The van der Waals surface area contributed by atoms with E-state index >= 15 is 0 Å². The van der Waals surface area contributed by atoms with Crippen LogP contribution in [0.15, 0.2) is 18.2 Å². The molecule has 1 aliphatic rings. The van der Waals surface area contributed by atoms with Crippen molar-refractivity contribution in [2.75, 3.05) is 38.5 Å². The van der Waals surface area contributed by atoms with Crippen LogP contribution in [0.4, 0.5) is 5.69 Å². The quantitative estimate of drug-likeness (QED) is 0.793. The van der Waals surface area contributed by atoms with Crippen LogP contribution in [0.5, 0.6) is 0 Å². The SMILES string of the molecule is C[C@H]1C[NH+](CC(=O)N(C)CC(=O)Nc2ccc(Cl)c(Cl)c2)C[C@H](C)O1. The van der Waals surface area contributed by atoms with Crippen LogP contribution >= 0.6 is 23.2 Å². The normalized spacial score (nSPS) is 23.2. The Hall–Kier alpha value is -1.34. The highest BCUT2D eigenvalue weighted by molar-refractivity contribution is 6.42. The van der Waals surface area contributed by atoms with Crippen molar-refractivity contribution in [3.63, 3.8) is 0 Å². The second kappa shape index (κ2) is 8.85. The third kappa shape index (κ3) is 6.15. The van der Waals surface area contributed by atoms with Gasteiger partial charge in [0.25, 0.3) is 5.91 Å². The molecule has 25 heavy (non-hydrogen) atoms. The molecule has 0 saturated carbocycles. The number of likely N-dealkylation sites (N-methyl/N-ethyl adjacent to an activating group) is 1. The van der Waals surface area contributed by atoms with E-state index in [4.69, 9.17) is 27.9 Å². The maximum absolute atomic E-state index is 12.4. The van der Waals surface area contributed by atoms with Crippen molar-refractivity contribution < 1.29 is 19.2 Å². The van der Waals surface area contributed by atoms with E-state index in [1.807, 2.05) is 13.8 Å². The standard InChI is InChI=1S/C17H23Cl2N3O3/c1-11-7-22(8-12(2)25-11)10-17(24)21(3)9-16(23)20-13-4-5-14(18)15(19)6-13/h4-6,11-12H,7-10H2,1-3H3,(H,20,23)/p+1/t11-,12-/m0/s1. The maximum atomic E-state index is 12.4. The third-order valence-corrected chi connectivity index (χ3v) is 4.77. The molecule has 1 heterocycles. The molecule has 2 rings (SSSR count). The van der Waals surface area contributed by atoms with Gasteiger partial charge in [0.2, 0.25) is 5.91 Å². The van der Waals surface area contributed by atoms with Gasteiger partial charge in [-0.05, 0) is 32.0 Å². The number of quaternary nitrogens is 1. The molecule has 8 heteroatoms. The van der Waals surface area contributed by atoms with Crippen LogP contribution < -0.4 is 10.2 Å². The summed E-state index contributed by atoms with van der Waals surface area (Å²) < 4.78 is 5.68. The summed E-state index contributed by atoms with van der Waals surface area (Å²) >= 11 is 11.8. The molecule has 2 N–H and O–H groups in total. The summed E-state index contributed by atoms with van der Waals surface area (Å²) in [4.78, 5) is 27.1. The molecule has 2 amide bonds. The van der Waals surface area contributed by atoms with Crippen LogP contribution in [0.25, 0.3) is 0 Å². The highest BCUT2D eigenvalue weighted by atomic mass is 35.5. The molecule has 138 valence electrons. The van der Waals surface area contributed by atoms with Crippen LogP contribution in [-0.4, -0.2) is 62.1 Å². The van der Waals surface area contributed by atoms with Crippen LogP contribution in [0, 0.1) is 0 Å². The minimum absolute atomic E-state index is 0.0199. The fourth-order valence-corrected chi connectivity index (χ4v) is 3.26. The Labute approximate surface area is 158 Å². The third-order valence-electron chi connectivity index (χ3n) is 4.03. The molecule has 1 aromatic carbocycles. The lowest BCUT2D eigenvalue weighted by Crippen LogP contribution is -3.16. The summed E-state index contributed by atoms with van der Waals surface area (Å²) in [5.41, 5.74) is 0.543. The molecule has 0 bridgehead atoms. The minimum atomic E-state index is -0.284. The van der Waals surface area contributed by atoms with E-state index < -0.39 is 0 Å². The van der Waals surface area contributed by atoms with E-state index in [0.29, 0.717) is 22.3 Å². The number of anilines is 1. The average Bonchev–Trinajstić information content (AvgIpc) is 2.49. The van der Waals surface area contributed by atoms with Crippen molar-refractivity contribution in [2.24, 2.45) is 0 Å². The predicted octanol–water partition coefficient (Wildman–Crippen LogP) is 1.08. The van der Waals surface area contributed by atoms with E-state index in [-0.39, 0.29) is 30.6 Å². The molecule has 0 aliphatic carbocycles. The second-order valence-electron chi connectivity index (χ2n) is 6.52. The molecular weight excluding hydrogens is 365 g/mol. The van der Waals surface area contributed by atoms with Crippen molar-refractivity contribution in [3.05, 3.63) is 28.2 Å². The van der Waals surface area contributed by atoms with E-state index in [0.717, 1.165) is 13.1 Å². The summed E-state index contributed by atoms with van der Waals surface area (Å²) in [5.74, 6) is -0.353. The van der Waals surface area contributed by atoms with Gasteiger partial charge in [-0.25, -0.2) is 0 Å². The van der Waals surface area contributed by atoms with Gasteiger partial charge in [0.05, 0.1) is 16.6 Å². The number of halogens is 2. The smallest absolute Gasteiger partial charge is 0.277 e. The molecule has 1 saturated heterocycles. The van der Waals surface area contributed by atoms with E-state index in [9.17, 15) is 9.59 Å². The Morgan fingerprint density at radius 2 is 1.88 bits per heavy atom. The summed E-state index contributed by atoms with van der Waals surface area (Å²) in [6, 6.07) is 4.84. The number of ether oxygens (including phenoxy) is 1. The molecular formula is C17H24Cl2N3O3+. The fraction of sp³-hybridized carbons (Fsp3) is 0.529. The molecule has 2 atom stereocenters. The van der Waals surface area contributed by atoms with Crippen LogP contribution in [0.2, 0.25) is 10.0 Å². The van der Waals surface area contributed by atoms with Gasteiger partial charge in [-0.15, -0.1) is 0 Å². The second-order valence-corrected chi connectivity index (χ2v) is 7.33. The molecule has 1 fully saturated rings. The van der Waals surface area contributed by atoms with Crippen LogP contribution in [0.3, 0.4) is 0 Å². The Morgan fingerprint density at radius 1 is 1.24 bits per heavy atom. The van der Waals surface area contributed by atoms with Crippen molar-refractivity contribution in [1.29, 1.82) is 0 Å². The highest BCUT2D eigenvalue weighted by Crippen LogP contribution is 2.24. The van der Waals surface area contributed by atoms with Gasteiger partial charge >= 0.3 is 0 Å².